The Morgan fingerprint density at radius 2 is 1.77 bits per heavy atom. The molecule has 11 heteroatoms. The summed E-state index contributed by atoms with van der Waals surface area (Å²) >= 11 is 0. The second kappa shape index (κ2) is 8.64. The molecule has 0 spiro atoms. The highest BCUT2D eigenvalue weighted by atomic mass is 19.4. The predicted molar refractivity (Wildman–Crippen MR) is 106 cm³/mol. The molecule has 2 amide bonds. The van der Waals surface area contributed by atoms with E-state index < -0.39 is 41.7 Å². The first-order valence-electron chi connectivity index (χ1n) is 8.73. The maximum Gasteiger partial charge on any atom is 0.418 e. The number of amides is 2. The molecule has 0 bridgehead atoms. The Kier molecular flexibility index (Phi) is 6.00. The molecule has 2 aromatic rings. The van der Waals surface area contributed by atoms with Crippen LogP contribution in [-0.4, -0.2) is 29.8 Å². The van der Waals surface area contributed by atoms with Crippen LogP contribution in [-0.2, 0) is 15.8 Å². The molecular formula is C19H17F3N6O2. The van der Waals surface area contributed by atoms with Gasteiger partial charge in [-0.25, -0.2) is 4.99 Å². The number of anilines is 2. The highest BCUT2D eigenvalue weighted by molar-refractivity contribution is 6.11. The summed E-state index contributed by atoms with van der Waals surface area (Å²) in [7, 11) is 0. The van der Waals surface area contributed by atoms with E-state index in [1.165, 1.54) is 12.1 Å². The van der Waals surface area contributed by atoms with E-state index >= 15 is 0 Å². The van der Waals surface area contributed by atoms with E-state index in [0.717, 1.165) is 12.1 Å². The molecule has 5 N–H and O–H groups in total. The number of para-hydroxylation sites is 2. The third-order valence-corrected chi connectivity index (χ3v) is 3.97. The number of nitrogens with zero attached hydrogens (tertiary/aromatic N) is 2. The number of alkyl halides is 3. The van der Waals surface area contributed by atoms with Crippen molar-refractivity contribution in [2.75, 3.05) is 10.6 Å². The molecule has 0 saturated heterocycles. The summed E-state index contributed by atoms with van der Waals surface area (Å²) in [6, 6.07) is 12.3. The average molecular weight is 418 g/mol. The van der Waals surface area contributed by atoms with E-state index in [2.05, 4.69) is 25.9 Å². The highest BCUT2D eigenvalue weighted by Gasteiger charge is 2.34. The maximum atomic E-state index is 13.0. The van der Waals surface area contributed by atoms with Crippen molar-refractivity contribution in [3.8, 4) is 0 Å². The predicted octanol–water partition coefficient (Wildman–Crippen LogP) is 2.32. The molecule has 8 nitrogen and oxygen atoms in total. The number of hydrogen-bond acceptors (Lipinski definition) is 4. The molecule has 156 valence electrons. The van der Waals surface area contributed by atoms with Crippen LogP contribution in [0.3, 0.4) is 0 Å². The number of rotatable bonds is 4. The largest absolute Gasteiger partial charge is 0.418 e. The standard InChI is InChI=1S/C19H17F3N6O2/c20-19(21,22)12-8-4-5-9-13(12)25-15(29)10-14-16(30)27-18(26-14)28-17(23)24-11-6-2-1-3-7-11/h1-9,14H,10H2,(H,25,29)(H4,23,24,26,27,28,30)/t14-/m1/s1. The van der Waals surface area contributed by atoms with Gasteiger partial charge in [-0.3, -0.25) is 14.9 Å². The van der Waals surface area contributed by atoms with Crippen LogP contribution in [0.2, 0.25) is 0 Å². The van der Waals surface area contributed by atoms with Crippen molar-refractivity contribution < 1.29 is 22.8 Å². The van der Waals surface area contributed by atoms with Crippen LogP contribution in [0.4, 0.5) is 24.5 Å². The lowest BCUT2D eigenvalue weighted by Gasteiger charge is -2.13. The summed E-state index contributed by atoms with van der Waals surface area (Å²) < 4.78 is 39.1. The Balaban J connectivity index is 1.64. The average Bonchev–Trinajstić information content (AvgIpc) is 3.00. The Morgan fingerprint density at radius 1 is 1.10 bits per heavy atom. The van der Waals surface area contributed by atoms with Crippen molar-refractivity contribution in [1.29, 1.82) is 0 Å². The SMILES string of the molecule is NC(=NC1=N[C@H](CC(=O)Nc2ccccc2C(F)(F)F)C(=O)N1)Nc1ccccc1. The van der Waals surface area contributed by atoms with Crippen LogP contribution in [0.25, 0.3) is 0 Å². The van der Waals surface area contributed by atoms with Crippen molar-refractivity contribution in [3.05, 3.63) is 60.2 Å². The van der Waals surface area contributed by atoms with Gasteiger partial charge < -0.3 is 16.4 Å². The Labute approximate surface area is 169 Å². The molecule has 1 heterocycles. The smallest absolute Gasteiger partial charge is 0.369 e. The molecule has 2 aromatic carbocycles. The lowest BCUT2D eigenvalue weighted by atomic mass is 10.1. The van der Waals surface area contributed by atoms with E-state index in [-0.39, 0.29) is 11.9 Å². The fourth-order valence-corrected chi connectivity index (χ4v) is 2.65. The van der Waals surface area contributed by atoms with Gasteiger partial charge in [0.2, 0.25) is 17.8 Å². The fraction of sp³-hybridized carbons (Fsp3) is 0.158. The highest BCUT2D eigenvalue weighted by Crippen LogP contribution is 2.34. The van der Waals surface area contributed by atoms with E-state index in [4.69, 9.17) is 5.73 Å². The summed E-state index contributed by atoms with van der Waals surface area (Å²) in [6.07, 6.45) is -5.08. The number of guanidine groups is 2. The van der Waals surface area contributed by atoms with Gasteiger partial charge in [0.1, 0.15) is 6.04 Å². The number of halogens is 3. The number of aliphatic imine (C=N–C) groups is 2. The summed E-state index contributed by atoms with van der Waals surface area (Å²) in [4.78, 5) is 32.1. The quantitative estimate of drug-likeness (QED) is 0.450. The first kappa shape index (κ1) is 20.8. The summed E-state index contributed by atoms with van der Waals surface area (Å²) in [5, 5.41) is 7.34. The molecule has 0 aliphatic carbocycles. The van der Waals surface area contributed by atoms with Crippen LogP contribution in [0.5, 0.6) is 0 Å². The monoisotopic (exact) mass is 418 g/mol. The molecule has 30 heavy (non-hydrogen) atoms. The van der Waals surface area contributed by atoms with Crippen LogP contribution in [0.15, 0.2) is 64.6 Å². The third-order valence-electron chi connectivity index (χ3n) is 3.97. The number of benzene rings is 2. The van der Waals surface area contributed by atoms with E-state index in [0.29, 0.717) is 5.69 Å². The molecule has 1 atom stereocenters. The molecule has 0 radical (unpaired) electrons. The van der Waals surface area contributed by atoms with E-state index in [1.807, 2.05) is 6.07 Å². The topological polar surface area (TPSA) is 121 Å². The second-order valence-electron chi connectivity index (χ2n) is 6.24. The molecule has 3 rings (SSSR count). The van der Waals surface area contributed by atoms with Gasteiger partial charge in [-0.15, -0.1) is 0 Å². The molecule has 0 unspecified atom stereocenters. The first-order chi connectivity index (χ1) is 14.2. The van der Waals surface area contributed by atoms with Gasteiger partial charge in [0.25, 0.3) is 5.91 Å². The number of nitrogens with two attached hydrogens (primary N) is 1. The van der Waals surface area contributed by atoms with Gasteiger partial charge in [-0.2, -0.15) is 18.2 Å². The summed E-state index contributed by atoms with van der Waals surface area (Å²) in [5.74, 6) is -1.55. The van der Waals surface area contributed by atoms with Gasteiger partial charge in [0.05, 0.1) is 17.7 Å². The lowest BCUT2D eigenvalue weighted by molar-refractivity contribution is -0.137. The summed E-state index contributed by atoms with van der Waals surface area (Å²) in [5.41, 5.74) is 5.05. The third kappa shape index (κ3) is 5.34. The van der Waals surface area contributed by atoms with E-state index in [9.17, 15) is 22.8 Å². The maximum absolute atomic E-state index is 13.0. The van der Waals surface area contributed by atoms with Gasteiger partial charge in [-0.1, -0.05) is 30.3 Å². The molecular weight excluding hydrogens is 401 g/mol. The van der Waals surface area contributed by atoms with Crippen LogP contribution in [0, 0.1) is 0 Å². The van der Waals surface area contributed by atoms with Crippen molar-refractivity contribution in [2.24, 2.45) is 15.7 Å². The molecule has 1 aliphatic rings. The van der Waals surface area contributed by atoms with Crippen LogP contribution < -0.4 is 21.7 Å². The minimum absolute atomic E-state index is 0.0375. The normalized spacial score (nSPS) is 16.6. The zero-order valence-electron chi connectivity index (χ0n) is 15.4. The van der Waals surface area contributed by atoms with Gasteiger partial charge in [0.15, 0.2) is 0 Å². The van der Waals surface area contributed by atoms with E-state index in [1.54, 1.807) is 24.3 Å². The number of hydrogen-bond donors (Lipinski definition) is 4. The molecule has 1 aliphatic heterocycles. The van der Waals surface area contributed by atoms with Gasteiger partial charge in [-0.05, 0) is 24.3 Å². The molecule has 0 aromatic heterocycles. The zero-order valence-corrected chi connectivity index (χ0v) is 15.4. The Bertz CT molecular complexity index is 1000. The molecule has 0 saturated carbocycles. The van der Waals surface area contributed by atoms with Crippen LogP contribution >= 0.6 is 0 Å². The van der Waals surface area contributed by atoms with Gasteiger partial charge in [0, 0.05) is 5.69 Å². The minimum Gasteiger partial charge on any atom is -0.369 e. The number of carbonyl (C=O) groups is 2. The Hall–Kier alpha value is -3.89. The fourth-order valence-electron chi connectivity index (χ4n) is 2.65. The summed E-state index contributed by atoms with van der Waals surface area (Å²) in [6.45, 7) is 0. The van der Waals surface area contributed by atoms with Crippen molar-refractivity contribution in [1.82, 2.24) is 5.32 Å². The number of carbonyl (C=O) groups excluding carboxylic acids is 2. The van der Waals surface area contributed by atoms with Crippen LogP contribution in [0.1, 0.15) is 12.0 Å². The first-order valence-corrected chi connectivity index (χ1v) is 8.73. The number of nitrogens with one attached hydrogen (secondary N) is 3. The minimum atomic E-state index is -4.63. The Morgan fingerprint density at radius 3 is 2.47 bits per heavy atom. The van der Waals surface area contributed by atoms with Crippen molar-refractivity contribution in [2.45, 2.75) is 18.6 Å². The van der Waals surface area contributed by atoms with Gasteiger partial charge >= 0.3 is 6.18 Å². The zero-order chi connectivity index (χ0) is 21.7. The lowest BCUT2D eigenvalue weighted by Crippen LogP contribution is -2.32. The molecule has 0 fully saturated rings. The second-order valence-corrected chi connectivity index (χ2v) is 6.24. The van der Waals surface area contributed by atoms with Crippen molar-refractivity contribution in [3.63, 3.8) is 0 Å². The van der Waals surface area contributed by atoms with Crippen molar-refractivity contribution >= 4 is 35.1 Å².